The van der Waals surface area contributed by atoms with E-state index >= 15 is 0 Å². The summed E-state index contributed by atoms with van der Waals surface area (Å²) in [6.07, 6.45) is 0.0734. The lowest BCUT2D eigenvalue weighted by atomic mass is 10.1. The van der Waals surface area contributed by atoms with Crippen LogP contribution in [0.3, 0.4) is 0 Å². The van der Waals surface area contributed by atoms with Crippen LogP contribution in [-0.2, 0) is 14.3 Å². The summed E-state index contributed by atoms with van der Waals surface area (Å²) >= 11 is 1.33. The minimum Gasteiger partial charge on any atom is -0.493 e. The zero-order chi connectivity index (χ0) is 21.9. The Kier molecular flexibility index (Phi) is 9.02. The van der Waals surface area contributed by atoms with Gasteiger partial charge in [-0.3, -0.25) is 19.2 Å². The standard InChI is InChI=1S/C21H23NO7S/c1-27-17-7-5-14(12-18(17)28-2)16(24)13-29-21(26)9-10-22-20(25)8-6-15(23)19-4-3-11-30-19/h3-5,7,11-12H,6,8-10,13H2,1-2H3,(H,22,25). The van der Waals surface area contributed by atoms with Crippen molar-refractivity contribution < 1.29 is 33.4 Å². The molecule has 0 bridgehead atoms. The van der Waals surface area contributed by atoms with E-state index in [4.69, 9.17) is 14.2 Å². The minimum absolute atomic E-state index is 0.0452. The van der Waals surface area contributed by atoms with Gasteiger partial charge in [-0.1, -0.05) is 6.07 Å². The quantitative estimate of drug-likeness (QED) is 0.405. The van der Waals surface area contributed by atoms with Crippen molar-refractivity contribution in [3.05, 3.63) is 46.2 Å². The second kappa shape index (κ2) is 11.7. The molecule has 160 valence electrons. The summed E-state index contributed by atoms with van der Waals surface area (Å²) in [5.41, 5.74) is 0.323. The topological polar surface area (TPSA) is 108 Å². The second-order valence-corrected chi connectivity index (χ2v) is 7.10. The van der Waals surface area contributed by atoms with Crippen molar-refractivity contribution in [2.75, 3.05) is 27.4 Å². The number of rotatable bonds is 12. The molecule has 0 aliphatic rings. The van der Waals surface area contributed by atoms with Crippen LogP contribution in [0.15, 0.2) is 35.7 Å². The molecule has 1 aromatic carbocycles. The van der Waals surface area contributed by atoms with Gasteiger partial charge < -0.3 is 19.5 Å². The molecule has 0 saturated heterocycles. The van der Waals surface area contributed by atoms with Crippen LogP contribution in [0, 0.1) is 0 Å². The van der Waals surface area contributed by atoms with Crippen molar-refractivity contribution >= 4 is 34.8 Å². The van der Waals surface area contributed by atoms with Crippen LogP contribution in [0.1, 0.15) is 39.3 Å². The number of nitrogens with one attached hydrogen (secondary N) is 1. The summed E-state index contributed by atoms with van der Waals surface area (Å²) in [4.78, 5) is 48.2. The minimum atomic E-state index is -0.612. The fourth-order valence-electron chi connectivity index (χ4n) is 2.49. The molecule has 0 unspecified atom stereocenters. The summed E-state index contributed by atoms with van der Waals surface area (Å²) in [6.45, 7) is -0.354. The highest BCUT2D eigenvalue weighted by Gasteiger charge is 2.14. The van der Waals surface area contributed by atoms with E-state index in [9.17, 15) is 19.2 Å². The molecule has 1 aromatic heterocycles. The lowest BCUT2D eigenvalue weighted by Crippen LogP contribution is -2.27. The molecule has 0 aliphatic carbocycles. The molecular weight excluding hydrogens is 410 g/mol. The highest BCUT2D eigenvalue weighted by Crippen LogP contribution is 2.27. The van der Waals surface area contributed by atoms with Gasteiger partial charge in [0.05, 0.1) is 25.5 Å². The van der Waals surface area contributed by atoms with Crippen LogP contribution in [0.2, 0.25) is 0 Å². The summed E-state index contributed by atoms with van der Waals surface area (Å²) in [5.74, 6) is -0.532. The predicted molar refractivity (Wildman–Crippen MR) is 110 cm³/mol. The summed E-state index contributed by atoms with van der Waals surface area (Å²) in [5, 5.41) is 4.36. The van der Waals surface area contributed by atoms with E-state index in [-0.39, 0.29) is 43.3 Å². The van der Waals surface area contributed by atoms with Gasteiger partial charge in [0.15, 0.2) is 29.7 Å². The van der Waals surface area contributed by atoms with Gasteiger partial charge in [-0.05, 0) is 29.6 Å². The van der Waals surface area contributed by atoms with Gasteiger partial charge in [0.25, 0.3) is 0 Å². The SMILES string of the molecule is COc1ccc(C(=O)COC(=O)CCNC(=O)CCC(=O)c2cccs2)cc1OC. The van der Waals surface area contributed by atoms with E-state index in [1.54, 1.807) is 29.6 Å². The molecule has 2 aromatic rings. The van der Waals surface area contributed by atoms with E-state index in [0.717, 1.165) is 0 Å². The third kappa shape index (κ3) is 7.00. The first-order valence-corrected chi connectivity index (χ1v) is 10.1. The lowest BCUT2D eigenvalue weighted by Gasteiger charge is -2.09. The Morgan fingerprint density at radius 1 is 0.933 bits per heavy atom. The van der Waals surface area contributed by atoms with Crippen LogP contribution in [0.4, 0.5) is 0 Å². The molecule has 2 rings (SSSR count). The van der Waals surface area contributed by atoms with Gasteiger partial charge >= 0.3 is 5.97 Å². The third-order valence-corrected chi connectivity index (χ3v) is 5.01. The smallest absolute Gasteiger partial charge is 0.308 e. The van der Waals surface area contributed by atoms with Crippen molar-refractivity contribution in [2.45, 2.75) is 19.3 Å². The zero-order valence-corrected chi connectivity index (χ0v) is 17.6. The van der Waals surface area contributed by atoms with Gasteiger partial charge in [-0.2, -0.15) is 0 Å². The molecule has 0 radical (unpaired) electrons. The van der Waals surface area contributed by atoms with Gasteiger partial charge in [-0.15, -0.1) is 11.3 Å². The first-order chi connectivity index (χ1) is 14.4. The number of ether oxygens (including phenoxy) is 3. The largest absolute Gasteiger partial charge is 0.493 e. The number of carbonyl (C=O) groups is 4. The number of amides is 1. The first-order valence-electron chi connectivity index (χ1n) is 9.19. The number of hydrogen-bond donors (Lipinski definition) is 1. The average Bonchev–Trinajstić information content (AvgIpc) is 3.30. The summed E-state index contributed by atoms with van der Waals surface area (Å²) < 4.78 is 15.2. The summed E-state index contributed by atoms with van der Waals surface area (Å²) in [6, 6.07) is 8.14. The number of Topliss-reactive ketones (excluding diaryl/α,β-unsaturated/α-hetero) is 2. The van der Waals surface area contributed by atoms with E-state index in [0.29, 0.717) is 21.9 Å². The monoisotopic (exact) mass is 433 g/mol. The van der Waals surface area contributed by atoms with Crippen LogP contribution >= 0.6 is 11.3 Å². The maximum Gasteiger partial charge on any atom is 0.308 e. The molecule has 0 saturated carbocycles. The van der Waals surface area contributed by atoms with Crippen molar-refractivity contribution in [1.29, 1.82) is 0 Å². The van der Waals surface area contributed by atoms with Crippen molar-refractivity contribution in [3.8, 4) is 11.5 Å². The first kappa shape index (κ1) is 23.1. The van der Waals surface area contributed by atoms with E-state index in [1.807, 2.05) is 0 Å². The number of ketones is 2. The number of thiophene rings is 1. The fourth-order valence-corrected chi connectivity index (χ4v) is 3.19. The molecule has 30 heavy (non-hydrogen) atoms. The Bertz CT molecular complexity index is 893. The normalized spacial score (nSPS) is 10.2. The van der Waals surface area contributed by atoms with E-state index in [1.165, 1.54) is 31.6 Å². The van der Waals surface area contributed by atoms with E-state index in [2.05, 4.69) is 5.32 Å². The van der Waals surface area contributed by atoms with Gasteiger partial charge in [-0.25, -0.2) is 0 Å². The molecule has 0 atom stereocenters. The molecular formula is C21H23NO7S. The number of hydrogen-bond acceptors (Lipinski definition) is 8. The molecule has 1 heterocycles. The van der Waals surface area contributed by atoms with Gasteiger partial charge in [0, 0.05) is 24.9 Å². The molecule has 0 spiro atoms. The van der Waals surface area contributed by atoms with E-state index < -0.39 is 12.6 Å². The van der Waals surface area contributed by atoms with Crippen LogP contribution in [0.5, 0.6) is 11.5 Å². The second-order valence-electron chi connectivity index (χ2n) is 6.15. The van der Waals surface area contributed by atoms with Crippen LogP contribution in [-0.4, -0.2) is 50.8 Å². The maximum absolute atomic E-state index is 12.2. The molecule has 0 fully saturated rings. The average molecular weight is 433 g/mol. The number of methoxy groups -OCH3 is 2. The predicted octanol–water partition coefficient (Wildman–Crippen LogP) is 2.66. The lowest BCUT2D eigenvalue weighted by molar-refractivity contribution is -0.142. The van der Waals surface area contributed by atoms with Crippen molar-refractivity contribution in [3.63, 3.8) is 0 Å². The molecule has 1 N–H and O–H groups in total. The number of benzene rings is 1. The Morgan fingerprint density at radius 3 is 2.37 bits per heavy atom. The van der Waals surface area contributed by atoms with Crippen LogP contribution in [0.25, 0.3) is 0 Å². The Labute approximate surface area is 178 Å². The number of carbonyl (C=O) groups excluding carboxylic acids is 4. The molecule has 1 amide bonds. The van der Waals surface area contributed by atoms with Crippen molar-refractivity contribution in [2.24, 2.45) is 0 Å². The molecule has 0 aliphatic heterocycles. The van der Waals surface area contributed by atoms with Crippen molar-refractivity contribution in [1.82, 2.24) is 5.32 Å². The maximum atomic E-state index is 12.2. The zero-order valence-electron chi connectivity index (χ0n) is 16.8. The Morgan fingerprint density at radius 2 is 1.70 bits per heavy atom. The molecule has 8 nitrogen and oxygen atoms in total. The van der Waals surface area contributed by atoms with Gasteiger partial charge in [0.1, 0.15) is 0 Å². The molecule has 9 heteroatoms. The highest BCUT2D eigenvalue weighted by molar-refractivity contribution is 7.12. The highest BCUT2D eigenvalue weighted by atomic mass is 32.1. The Hall–Kier alpha value is -3.20. The Balaban J connectivity index is 1.66. The van der Waals surface area contributed by atoms with Gasteiger partial charge in [0.2, 0.25) is 5.91 Å². The number of esters is 1. The summed E-state index contributed by atoms with van der Waals surface area (Å²) in [7, 11) is 2.94. The van der Waals surface area contributed by atoms with Crippen LogP contribution < -0.4 is 14.8 Å². The third-order valence-electron chi connectivity index (χ3n) is 4.10. The fraction of sp³-hybridized carbons (Fsp3) is 0.333.